The number of hydrogen-bond donors (Lipinski definition) is 1. The smallest absolute Gasteiger partial charge is 0.243 e. The van der Waals surface area contributed by atoms with Gasteiger partial charge in [-0.1, -0.05) is 38.1 Å². The van der Waals surface area contributed by atoms with Gasteiger partial charge in [0.25, 0.3) is 0 Å². The van der Waals surface area contributed by atoms with Crippen molar-refractivity contribution in [3.05, 3.63) is 54.1 Å². The average Bonchev–Trinajstić information content (AvgIpc) is 2.63. The molecule has 0 fully saturated rings. The number of thioether (sulfide) groups is 1. The Balaban J connectivity index is 2.12. The summed E-state index contributed by atoms with van der Waals surface area (Å²) in [6.07, 6.45) is 0. The summed E-state index contributed by atoms with van der Waals surface area (Å²) < 4.78 is 27.0. The summed E-state index contributed by atoms with van der Waals surface area (Å²) in [7, 11) is -3.57. The lowest BCUT2D eigenvalue weighted by Gasteiger charge is -2.20. The van der Waals surface area contributed by atoms with Crippen molar-refractivity contribution in [3.8, 4) is 0 Å². The predicted molar refractivity (Wildman–Crippen MR) is 107 cm³/mol. The van der Waals surface area contributed by atoms with E-state index in [1.165, 1.54) is 22.1 Å². The molecule has 1 N–H and O–H groups in total. The van der Waals surface area contributed by atoms with Gasteiger partial charge in [-0.05, 0) is 36.8 Å². The molecular formula is C19H24N2O3S2. The van der Waals surface area contributed by atoms with Crippen LogP contribution in [0.1, 0.15) is 19.4 Å². The molecule has 7 heteroatoms. The highest BCUT2D eigenvalue weighted by Crippen LogP contribution is 2.24. The van der Waals surface area contributed by atoms with Crippen molar-refractivity contribution >= 4 is 33.4 Å². The Morgan fingerprint density at radius 2 is 1.73 bits per heavy atom. The van der Waals surface area contributed by atoms with Crippen LogP contribution in [0.25, 0.3) is 0 Å². The summed E-state index contributed by atoms with van der Waals surface area (Å²) in [5.74, 6) is 0.0876. The molecule has 1 amide bonds. The Labute approximate surface area is 159 Å². The van der Waals surface area contributed by atoms with E-state index in [0.717, 1.165) is 4.90 Å². The van der Waals surface area contributed by atoms with Gasteiger partial charge >= 0.3 is 0 Å². The van der Waals surface area contributed by atoms with Crippen LogP contribution >= 0.6 is 11.8 Å². The van der Waals surface area contributed by atoms with Gasteiger partial charge in [0.1, 0.15) is 0 Å². The van der Waals surface area contributed by atoms with Gasteiger partial charge in [0, 0.05) is 23.7 Å². The van der Waals surface area contributed by atoms with Gasteiger partial charge in [-0.3, -0.25) is 4.79 Å². The molecule has 0 aliphatic heterocycles. The lowest BCUT2D eigenvalue weighted by molar-refractivity contribution is -0.113. The number of nitrogens with zero attached hydrogens (tertiary/aromatic N) is 1. The van der Waals surface area contributed by atoms with Crippen LogP contribution in [0.3, 0.4) is 0 Å². The first-order valence-electron chi connectivity index (χ1n) is 8.47. The van der Waals surface area contributed by atoms with Gasteiger partial charge in [0.2, 0.25) is 15.9 Å². The van der Waals surface area contributed by atoms with Crippen molar-refractivity contribution in [3.63, 3.8) is 0 Å². The molecule has 26 heavy (non-hydrogen) atoms. The fourth-order valence-electron chi connectivity index (χ4n) is 2.52. The molecule has 0 aliphatic carbocycles. The lowest BCUT2D eigenvalue weighted by Crippen LogP contribution is -2.31. The summed E-state index contributed by atoms with van der Waals surface area (Å²) in [5, 5.41) is 2.78. The third-order valence-corrected chi connectivity index (χ3v) is 7.11. The van der Waals surface area contributed by atoms with Crippen LogP contribution in [-0.2, 0) is 14.8 Å². The first-order valence-corrected chi connectivity index (χ1v) is 10.9. The maximum Gasteiger partial charge on any atom is 0.243 e. The van der Waals surface area contributed by atoms with E-state index in [2.05, 4.69) is 5.32 Å². The van der Waals surface area contributed by atoms with Crippen molar-refractivity contribution in [1.29, 1.82) is 0 Å². The topological polar surface area (TPSA) is 66.5 Å². The predicted octanol–water partition coefficient (Wildman–Crippen LogP) is 3.76. The molecule has 5 nitrogen and oxygen atoms in total. The van der Waals surface area contributed by atoms with E-state index in [-0.39, 0.29) is 16.6 Å². The molecule has 0 saturated carbocycles. The second-order valence-electron chi connectivity index (χ2n) is 5.72. The minimum Gasteiger partial charge on any atom is -0.325 e. The Kier molecular flexibility index (Phi) is 7.25. The van der Waals surface area contributed by atoms with Crippen molar-refractivity contribution < 1.29 is 13.2 Å². The number of aryl methyl sites for hydroxylation is 1. The number of carbonyl (C=O) groups is 1. The molecule has 0 bridgehead atoms. The number of hydrogen-bond acceptors (Lipinski definition) is 4. The number of anilines is 1. The number of carbonyl (C=O) groups excluding carboxylic acids is 1. The fourth-order valence-corrected chi connectivity index (χ4v) is 4.95. The van der Waals surface area contributed by atoms with Crippen molar-refractivity contribution in [2.24, 2.45) is 0 Å². The third-order valence-electron chi connectivity index (χ3n) is 3.91. The molecule has 0 radical (unpaired) electrons. The highest BCUT2D eigenvalue weighted by molar-refractivity contribution is 8.00. The minimum absolute atomic E-state index is 0.172. The van der Waals surface area contributed by atoms with Crippen LogP contribution in [0.2, 0.25) is 0 Å². The maximum atomic E-state index is 12.8. The lowest BCUT2D eigenvalue weighted by atomic mass is 10.2. The van der Waals surface area contributed by atoms with Crippen molar-refractivity contribution in [2.45, 2.75) is 30.6 Å². The number of benzene rings is 2. The molecule has 0 saturated heterocycles. The Morgan fingerprint density at radius 3 is 2.35 bits per heavy atom. The van der Waals surface area contributed by atoms with Crippen LogP contribution in [0.4, 0.5) is 5.69 Å². The zero-order valence-electron chi connectivity index (χ0n) is 15.2. The molecule has 0 aromatic heterocycles. The van der Waals surface area contributed by atoms with Gasteiger partial charge < -0.3 is 5.32 Å². The summed E-state index contributed by atoms with van der Waals surface area (Å²) >= 11 is 1.43. The van der Waals surface area contributed by atoms with E-state index in [9.17, 15) is 13.2 Å². The third kappa shape index (κ3) is 5.09. The summed E-state index contributed by atoms with van der Waals surface area (Å²) in [4.78, 5) is 13.4. The van der Waals surface area contributed by atoms with Crippen LogP contribution in [0.15, 0.2) is 58.3 Å². The van der Waals surface area contributed by atoms with Crippen LogP contribution in [-0.4, -0.2) is 37.5 Å². The first kappa shape index (κ1) is 20.5. The Hall–Kier alpha value is -1.83. The first-order chi connectivity index (χ1) is 12.4. The fraction of sp³-hybridized carbons (Fsp3) is 0.316. The Morgan fingerprint density at radius 1 is 1.08 bits per heavy atom. The monoisotopic (exact) mass is 392 g/mol. The highest BCUT2D eigenvalue weighted by Gasteiger charge is 2.24. The van der Waals surface area contributed by atoms with Crippen LogP contribution < -0.4 is 5.32 Å². The normalized spacial score (nSPS) is 11.5. The average molecular weight is 393 g/mol. The largest absolute Gasteiger partial charge is 0.325 e. The van der Waals surface area contributed by atoms with E-state index >= 15 is 0 Å². The molecule has 0 unspecified atom stereocenters. The second-order valence-corrected chi connectivity index (χ2v) is 8.67. The van der Waals surface area contributed by atoms with Crippen molar-refractivity contribution in [2.75, 3.05) is 24.2 Å². The van der Waals surface area contributed by atoms with Gasteiger partial charge in [0.15, 0.2) is 0 Å². The van der Waals surface area contributed by atoms with E-state index in [1.807, 2.05) is 44.2 Å². The molecular weight excluding hydrogens is 368 g/mol. The summed E-state index contributed by atoms with van der Waals surface area (Å²) in [5.41, 5.74) is 1.15. The van der Waals surface area contributed by atoms with E-state index in [4.69, 9.17) is 0 Å². The SMILES string of the molecule is CCN(CC)S(=O)(=O)c1cc(NC(=O)CSc2ccccc2)ccc1C. The molecule has 0 aliphatic rings. The van der Waals surface area contributed by atoms with Gasteiger partial charge in [-0.2, -0.15) is 4.31 Å². The van der Waals surface area contributed by atoms with Gasteiger partial charge in [-0.25, -0.2) is 8.42 Å². The van der Waals surface area contributed by atoms with Crippen molar-refractivity contribution in [1.82, 2.24) is 4.31 Å². The van der Waals surface area contributed by atoms with E-state index in [0.29, 0.717) is 24.3 Å². The van der Waals surface area contributed by atoms with Gasteiger partial charge in [0.05, 0.1) is 10.6 Å². The zero-order chi connectivity index (χ0) is 19.2. The standard InChI is InChI=1S/C19H24N2O3S2/c1-4-21(5-2)26(23,24)18-13-16(12-11-15(18)3)20-19(22)14-25-17-9-7-6-8-10-17/h6-13H,4-5,14H2,1-3H3,(H,20,22). The van der Waals surface area contributed by atoms with Crippen LogP contribution in [0.5, 0.6) is 0 Å². The molecule has 0 spiro atoms. The number of rotatable bonds is 8. The number of nitrogens with one attached hydrogen (secondary N) is 1. The minimum atomic E-state index is -3.57. The maximum absolute atomic E-state index is 12.8. The molecule has 2 rings (SSSR count). The second kappa shape index (κ2) is 9.21. The molecule has 140 valence electrons. The molecule has 0 atom stereocenters. The Bertz CT molecular complexity index is 848. The highest BCUT2D eigenvalue weighted by atomic mass is 32.2. The zero-order valence-corrected chi connectivity index (χ0v) is 16.9. The molecule has 0 heterocycles. The summed E-state index contributed by atoms with van der Waals surface area (Å²) in [6.45, 7) is 6.18. The van der Waals surface area contributed by atoms with E-state index < -0.39 is 10.0 Å². The summed E-state index contributed by atoms with van der Waals surface area (Å²) in [6, 6.07) is 14.6. The van der Waals surface area contributed by atoms with E-state index in [1.54, 1.807) is 19.1 Å². The number of sulfonamides is 1. The number of amides is 1. The quantitative estimate of drug-likeness (QED) is 0.695. The molecule has 2 aromatic rings. The van der Waals surface area contributed by atoms with Crippen LogP contribution in [0, 0.1) is 6.92 Å². The molecule has 2 aromatic carbocycles. The van der Waals surface area contributed by atoms with Gasteiger partial charge in [-0.15, -0.1) is 11.8 Å².